The number of nitrogens with one attached hydrogen (secondary N) is 2. The number of benzene rings is 2. The average Bonchev–Trinajstić information content (AvgIpc) is 2.91. The molecule has 0 atom stereocenters. The molecule has 0 saturated heterocycles. The number of carbonyl (C=O) groups is 1. The van der Waals surface area contributed by atoms with Crippen LogP contribution in [-0.2, 0) is 0 Å². The van der Waals surface area contributed by atoms with Gasteiger partial charge in [0.05, 0.1) is 11.1 Å². The van der Waals surface area contributed by atoms with Crippen LogP contribution in [0.5, 0.6) is 0 Å². The number of H-pyrrole nitrogens is 1. The number of fused-ring (bicyclic) bond motifs is 1. The largest absolute Gasteiger partial charge is 0.361 e. The van der Waals surface area contributed by atoms with Crippen LogP contribution in [-0.4, -0.2) is 10.9 Å². The first-order valence-electron chi connectivity index (χ1n) is 6.29. The van der Waals surface area contributed by atoms with Crippen molar-refractivity contribution in [2.24, 2.45) is 0 Å². The van der Waals surface area contributed by atoms with Crippen LogP contribution in [0.3, 0.4) is 0 Å². The molecule has 0 aliphatic rings. The Hall–Kier alpha value is -2.07. The molecule has 0 unspecified atom stereocenters. The lowest BCUT2D eigenvalue weighted by molar-refractivity contribution is 0.102. The van der Waals surface area contributed by atoms with Crippen molar-refractivity contribution in [1.29, 1.82) is 0 Å². The summed E-state index contributed by atoms with van der Waals surface area (Å²) in [5.74, 6) is -0.117. The molecule has 1 heterocycles. The van der Waals surface area contributed by atoms with E-state index in [0.717, 1.165) is 26.6 Å². The second-order valence-electron chi connectivity index (χ2n) is 4.67. The van der Waals surface area contributed by atoms with Crippen molar-refractivity contribution in [2.45, 2.75) is 6.92 Å². The number of anilines is 1. The van der Waals surface area contributed by atoms with Gasteiger partial charge in [0.2, 0.25) is 0 Å². The number of para-hydroxylation sites is 1. The molecule has 0 fully saturated rings. The van der Waals surface area contributed by atoms with Gasteiger partial charge >= 0.3 is 0 Å². The van der Waals surface area contributed by atoms with Gasteiger partial charge in [-0.1, -0.05) is 34.1 Å². The molecule has 20 heavy (non-hydrogen) atoms. The maximum atomic E-state index is 12.4. The predicted octanol–water partition coefficient (Wildman–Crippen LogP) is 4.49. The third kappa shape index (κ3) is 2.34. The van der Waals surface area contributed by atoms with Gasteiger partial charge in [-0.05, 0) is 36.8 Å². The van der Waals surface area contributed by atoms with E-state index in [1.165, 1.54) is 0 Å². The van der Waals surface area contributed by atoms with Crippen molar-refractivity contribution < 1.29 is 4.79 Å². The quantitative estimate of drug-likeness (QED) is 0.715. The summed E-state index contributed by atoms with van der Waals surface area (Å²) in [6, 6.07) is 13.4. The maximum absolute atomic E-state index is 12.4. The standard InChI is InChI=1S/C16H13BrN2O/c1-10-5-6-12(9-14(10)17)19-16(20)13-4-2-3-11-7-8-18-15(11)13/h2-9,18H,1H3,(H,19,20). The predicted molar refractivity (Wildman–Crippen MR) is 85.1 cm³/mol. The molecule has 2 N–H and O–H groups in total. The summed E-state index contributed by atoms with van der Waals surface area (Å²) in [7, 11) is 0. The Morgan fingerprint density at radius 2 is 2.05 bits per heavy atom. The van der Waals surface area contributed by atoms with E-state index in [-0.39, 0.29) is 5.91 Å². The van der Waals surface area contributed by atoms with Crippen molar-refractivity contribution in [1.82, 2.24) is 4.98 Å². The van der Waals surface area contributed by atoms with Gasteiger partial charge in [-0.25, -0.2) is 0 Å². The molecular formula is C16H13BrN2O. The van der Waals surface area contributed by atoms with Crippen LogP contribution < -0.4 is 5.32 Å². The van der Waals surface area contributed by atoms with Crippen molar-refractivity contribution in [3.05, 3.63) is 64.3 Å². The van der Waals surface area contributed by atoms with E-state index in [1.54, 1.807) is 0 Å². The van der Waals surface area contributed by atoms with Gasteiger partial charge < -0.3 is 10.3 Å². The Morgan fingerprint density at radius 3 is 2.85 bits per heavy atom. The van der Waals surface area contributed by atoms with Crippen LogP contribution in [0, 0.1) is 6.92 Å². The molecule has 2 aromatic carbocycles. The highest BCUT2D eigenvalue weighted by atomic mass is 79.9. The third-order valence-electron chi connectivity index (χ3n) is 3.26. The number of aromatic amines is 1. The van der Waals surface area contributed by atoms with Crippen LogP contribution in [0.4, 0.5) is 5.69 Å². The molecular weight excluding hydrogens is 316 g/mol. The first-order valence-corrected chi connectivity index (χ1v) is 7.08. The number of hydrogen-bond donors (Lipinski definition) is 2. The number of halogens is 1. The van der Waals surface area contributed by atoms with Crippen LogP contribution in [0.25, 0.3) is 10.9 Å². The van der Waals surface area contributed by atoms with Gasteiger partial charge in [0.1, 0.15) is 0 Å². The minimum atomic E-state index is -0.117. The maximum Gasteiger partial charge on any atom is 0.257 e. The molecule has 3 rings (SSSR count). The lowest BCUT2D eigenvalue weighted by Crippen LogP contribution is -2.12. The van der Waals surface area contributed by atoms with Crippen LogP contribution in [0.15, 0.2) is 53.1 Å². The van der Waals surface area contributed by atoms with Crippen LogP contribution in [0.2, 0.25) is 0 Å². The van der Waals surface area contributed by atoms with Gasteiger partial charge in [-0.2, -0.15) is 0 Å². The minimum absolute atomic E-state index is 0.117. The molecule has 1 aromatic heterocycles. The highest BCUT2D eigenvalue weighted by Crippen LogP contribution is 2.22. The smallest absolute Gasteiger partial charge is 0.257 e. The Morgan fingerprint density at radius 1 is 1.20 bits per heavy atom. The zero-order chi connectivity index (χ0) is 14.1. The Kier molecular flexibility index (Phi) is 3.32. The summed E-state index contributed by atoms with van der Waals surface area (Å²) in [5, 5.41) is 3.95. The zero-order valence-corrected chi connectivity index (χ0v) is 12.5. The van der Waals surface area contributed by atoms with Crippen molar-refractivity contribution in [3.8, 4) is 0 Å². The van der Waals surface area contributed by atoms with Gasteiger partial charge in [-0.15, -0.1) is 0 Å². The minimum Gasteiger partial charge on any atom is -0.361 e. The van der Waals surface area contributed by atoms with Gasteiger partial charge in [0, 0.05) is 21.7 Å². The molecule has 0 aliphatic carbocycles. The van der Waals surface area contributed by atoms with E-state index >= 15 is 0 Å². The molecule has 3 nitrogen and oxygen atoms in total. The van der Waals surface area contributed by atoms with E-state index in [9.17, 15) is 4.79 Å². The number of aromatic nitrogens is 1. The van der Waals surface area contributed by atoms with E-state index < -0.39 is 0 Å². The normalized spacial score (nSPS) is 10.7. The fourth-order valence-corrected chi connectivity index (χ4v) is 2.52. The summed E-state index contributed by atoms with van der Waals surface area (Å²) in [6.07, 6.45) is 1.84. The molecule has 4 heteroatoms. The highest BCUT2D eigenvalue weighted by molar-refractivity contribution is 9.10. The van der Waals surface area contributed by atoms with E-state index in [4.69, 9.17) is 0 Å². The third-order valence-corrected chi connectivity index (χ3v) is 4.12. The topological polar surface area (TPSA) is 44.9 Å². The van der Waals surface area contributed by atoms with Crippen molar-refractivity contribution >= 4 is 38.4 Å². The SMILES string of the molecule is Cc1ccc(NC(=O)c2cccc3cc[nH]c23)cc1Br. The average molecular weight is 329 g/mol. The second-order valence-corrected chi connectivity index (χ2v) is 5.52. The van der Waals surface area contributed by atoms with E-state index in [2.05, 4.69) is 26.2 Å². The first kappa shape index (κ1) is 12.9. The highest BCUT2D eigenvalue weighted by Gasteiger charge is 2.11. The fraction of sp³-hybridized carbons (Fsp3) is 0.0625. The number of hydrogen-bond acceptors (Lipinski definition) is 1. The van der Waals surface area contributed by atoms with Gasteiger partial charge in [-0.3, -0.25) is 4.79 Å². The zero-order valence-electron chi connectivity index (χ0n) is 10.9. The van der Waals surface area contributed by atoms with E-state index in [0.29, 0.717) is 5.56 Å². The summed E-state index contributed by atoms with van der Waals surface area (Å²) >= 11 is 3.47. The summed E-state index contributed by atoms with van der Waals surface area (Å²) < 4.78 is 0.980. The monoisotopic (exact) mass is 328 g/mol. The van der Waals surface area contributed by atoms with Gasteiger partial charge in [0.25, 0.3) is 5.91 Å². The molecule has 3 aromatic rings. The summed E-state index contributed by atoms with van der Waals surface area (Å²) in [6.45, 7) is 2.01. The number of rotatable bonds is 2. The summed E-state index contributed by atoms with van der Waals surface area (Å²) in [4.78, 5) is 15.5. The summed E-state index contributed by atoms with van der Waals surface area (Å²) in [5.41, 5.74) is 3.41. The van der Waals surface area contributed by atoms with Crippen molar-refractivity contribution in [2.75, 3.05) is 5.32 Å². The van der Waals surface area contributed by atoms with E-state index in [1.807, 2.05) is 55.6 Å². The first-order chi connectivity index (χ1) is 9.65. The lowest BCUT2D eigenvalue weighted by atomic mass is 10.1. The molecule has 0 radical (unpaired) electrons. The fourth-order valence-electron chi connectivity index (χ4n) is 2.14. The van der Waals surface area contributed by atoms with Gasteiger partial charge in [0.15, 0.2) is 0 Å². The Labute approximate surface area is 125 Å². The second kappa shape index (κ2) is 5.13. The number of aryl methyl sites for hydroxylation is 1. The number of amides is 1. The number of carbonyl (C=O) groups excluding carboxylic acids is 1. The Balaban J connectivity index is 1.93. The van der Waals surface area contributed by atoms with Crippen LogP contribution >= 0.6 is 15.9 Å². The molecule has 0 spiro atoms. The molecule has 100 valence electrons. The lowest BCUT2D eigenvalue weighted by Gasteiger charge is -2.08. The molecule has 1 amide bonds. The van der Waals surface area contributed by atoms with Crippen LogP contribution in [0.1, 0.15) is 15.9 Å². The molecule has 0 bridgehead atoms. The molecule has 0 aliphatic heterocycles. The Bertz CT molecular complexity index is 792. The molecule has 0 saturated carbocycles. The van der Waals surface area contributed by atoms with Crippen molar-refractivity contribution in [3.63, 3.8) is 0 Å².